The third-order valence-corrected chi connectivity index (χ3v) is 8.05. The van der Waals surface area contributed by atoms with E-state index in [0.717, 1.165) is 22.3 Å². The van der Waals surface area contributed by atoms with Crippen molar-refractivity contribution < 1.29 is 28.5 Å². The number of ether oxygens (including phenoxy) is 4. The highest BCUT2D eigenvalue weighted by atomic mass is 16.5. The van der Waals surface area contributed by atoms with Gasteiger partial charge >= 0.3 is 0 Å². The average molecular weight is 613 g/mol. The summed E-state index contributed by atoms with van der Waals surface area (Å²) in [7, 11) is 0. The van der Waals surface area contributed by atoms with Gasteiger partial charge in [0, 0.05) is 11.1 Å². The predicted octanol–water partition coefficient (Wildman–Crippen LogP) is 6.08. The lowest BCUT2D eigenvalue weighted by Crippen LogP contribution is -2.58. The van der Waals surface area contributed by atoms with Crippen molar-refractivity contribution in [3.63, 3.8) is 0 Å². The monoisotopic (exact) mass is 612 g/mol. The lowest BCUT2D eigenvalue weighted by Gasteiger charge is -2.37. The van der Waals surface area contributed by atoms with Crippen LogP contribution in [0.5, 0.6) is 23.0 Å². The van der Waals surface area contributed by atoms with Crippen molar-refractivity contribution in [3.05, 3.63) is 156 Å². The van der Waals surface area contributed by atoms with E-state index in [1.54, 1.807) is 0 Å². The quantitative estimate of drug-likeness (QED) is 0.166. The van der Waals surface area contributed by atoms with Crippen molar-refractivity contribution in [2.75, 3.05) is 0 Å². The third kappa shape index (κ3) is 6.23. The summed E-state index contributed by atoms with van der Waals surface area (Å²) < 4.78 is 24.4. The summed E-state index contributed by atoms with van der Waals surface area (Å²) in [6, 6.07) is 41.5. The molecular formula is C38H32N2O6. The maximum atomic E-state index is 12.3. The Kier molecular flexibility index (Phi) is 8.24. The zero-order valence-corrected chi connectivity index (χ0v) is 24.9. The summed E-state index contributed by atoms with van der Waals surface area (Å²) in [5.74, 6) is 2.37. The topological polar surface area (TPSA) is 95.1 Å². The van der Waals surface area contributed by atoms with Gasteiger partial charge in [0.05, 0.1) is 0 Å². The third-order valence-electron chi connectivity index (χ3n) is 8.05. The van der Waals surface area contributed by atoms with E-state index in [-0.39, 0.29) is 23.9 Å². The van der Waals surface area contributed by atoms with Crippen molar-refractivity contribution in [2.24, 2.45) is 0 Å². The highest BCUT2D eigenvalue weighted by Gasteiger charge is 2.44. The number of benzene rings is 5. The predicted molar refractivity (Wildman–Crippen MR) is 171 cm³/mol. The molecule has 4 atom stereocenters. The van der Waals surface area contributed by atoms with Crippen molar-refractivity contribution in [1.29, 1.82) is 0 Å². The molecule has 2 fully saturated rings. The van der Waals surface area contributed by atoms with Gasteiger partial charge in [-0.1, -0.05) is 97.1 Å². The van der Waals surface area contributed by atoms with Crippen LogP contribution in [0, 0.1) is 0 Å². The first-order valence-electron chi connectivity index (χ1n) is 15.2. The summed E-state index contributed by atoms with van der Waals surface area (Å²) in [5.41, 5.74) is 3.72. The fourth-order valence-corrected chi connectivity index (χ4v) is 5.54. The second-order valence-corrected chi connectivity index (χ2v) is 11.1. The molecule has 0 aliphatic carbocycles. The standard InChI is InChI=1S/C38H32N2O6/c41-37-35(45-27-11-3-1-4-12-27)33(39-37)29-15-7-9-17-31(29)43-23-25-19-21-26(22-20-25)24-44-32-18-10-8-16-30(32)34-36(38(42)40-34)46-28-13-5-2-6-14-28/h1-22,33-36H,23-24H2,(H,39,41)(H,40,42)/t33-,34-,35+,36+/m0/s1. The molecule has 2 amide bonds. The van der Waals surface area contributed by atoms with E-state index in [1.807, 2.05) is 133 Å². The Bertz CT molecular complexity index is 1680. The smallest absolute Gasteiger partial charge is 0.264 e. The van der Waals surface area contributed by atoms with E-state index >= 15 is 0 Å². The summed E-state index contributed by atoms with van der Waals surface area (Å²) in [6.45, 7) is 0.714. The van der Waals surface area contributed by atoms with Crippen molar-refractivity contribution in [3.8, 4) is 23.0 Å². The second kappa shape index (κ2) is 13.1. The molecule has 0 spiro atoms. The van der Waals surface area contributed by atoms with Gasteiger partial charge in [0.15, 0.2) is 0 Å². The molecule has 46 heavy (non-hydrogen) atoms. The molecule has 8 nitrogen and oxygen atoms in total. The fourth-order valence-electron chi connectivity index (χ4n) is 5.54. The van der Waals surface area contributed by atoms with Crippen LogP contribution in [0.25, 0.3) is 0 Å². The lowest BCUT2D eigenvalue weighted by molar-refractivity contribution is -0.141. The molecule has 7 rings (SSSR count). The van der Waals surface area contributed by atoms with Gasteiger partial charge in [-0.2, -0.15) is 0 Å². The number of carbonyl (C=O) groups excluding carboxylic acids is 2. The number of rotatable bonds is 12. The first-order chi connectivity index (χ1) is 22.6. The van der Waals surface area contributed by atoms with Gasteiger partial charge < -0.3 is 29.6 Å². The van der Waals surface area contributed by atoms with Crippen LogP contribution < -0.4 is 29.6 Å². The normalized spacial score (nSPS) is 19.9. The van der Waals surface area contributed by atoms with Crippen LogP contribution in [0.1, 0.15) is 34.3 Å². The van der Waals surface area contributed by atoms with Crippen LogP contribution in [-0.2, 0) is 22.8 Å². The molecule has 2 saturated heterocycles. The van der Waals surface area contributed by atoms with Gasteiger partial charge in [0.1, 0.15) is 48.3 Å². The number of nitrogens with one attached hydrogen (secondary N) is 2. The van der Waals surface area contributed by atoms with E-state index in [2.05, 4.69) is 10.6 Å². The minimum atomic E-state index is -0.626. The number of hydrogen-bond acceptors (Lipinski definition) is 6. The Morgan fingerprint density at radius 3 is 1.22 bits per heavy atom. The molecule has 2 N–H and O–H groups in total. The van der Waals surface area contributed by atoms with Crippen LogP contribution in [0.2, 0.25) is 0 Å². The van der Waals surface area contributed by atoms with E-state index < -0.39 is 12.2 Å². The number of β-lactam (4-membered cyclic amide) rings is 2. The second-order valence-electron chi connectivity index (χ2n) is 11.1. The first-order valence-corrected chi connectivity index (χ1v) is 15.2. The highest BCUT2D eigenvalue weighted by Crippen LogP contribution is 2.36. The molecule has 5 aromatic carbocycles. The Hall–Kier alpha value is -5.76. The van der Waals surface area contributed by atoms with Gasteiger partial charge in [0.2, 0.25) is 12.2 Å². The first kappa shape index (κ1) is 29.0. The number of hydrogen-bond donors (Lipinski definition) is 2. The Morgan fingerprint density at radius 2 is 0.826 bits per heavy atom. The van der Waals surface area contributed by atoms with Gasteiger partial charge in [-0.15, -0.1) is 0 Å². The Labute approximate surface area is 266 Å². The number of carbonyl (C=O) groups is 2. The van der Waals surface area contributed by atoms with Crippen molar-refractivity contribution in [1.82, 2.24) is 10.6 Å². The van der Waals surface area contributed by atoms with Crippen LogP contribution >= 0.6 is 0 Å². The fraction of sp³-hybridized carbons (Fsp3) is 0.158. The van der Waals surface area contributed by atoms with Gasteiger partial charge in [-0.25, -0.2) is 0 Å². The summed E-state index contributed by atoms with van der Waals surface area (Å²) in [5, 5.41) is 5.90. The minimum absolute atomic E-state index is 0.151. The number of para-hydroxylation sites is 4. The summed E-state index contributed by atoms with van der Waals surface area (Å²) in [4.78, 5) is 24.7. The van der Waals surface area contributed by atoms with Gasteiger partial charge in [-0.3, -0.25) is 9.59 Å². The van der Waals surface area contributed by atoms with Crippen molar-refractivity contribution in [2.45, 2.75) is 37.5 Å². The highest BCUT2D eigenvalue weighted by molar-refractivity contribution is 5.90. The molecule has 8 heteroatoms. The molecule has 2 aliphatic rings. The van der Waals surface area contributed by atoms with Crippen LogP contribution in [-0.4, -0.2) is 24.0 Å². The van der Waals surface area contributed by atoms with E-state index in [9.17, 15) is 9.59 Å². The molecule has 0 aromatic heterocycles. The molecule has 230 valence electrons. The molecule has 0 radical (unpaired) electrons. The Morgan fingerprint density at radius 1 is 0.457 bits per heavy atom. The molecule has 0 saturated carbocycles. The zero-order valence-electron chi connectivity index (χ0n) is 24.9. The summed E-state index contributed by atoms with van der Waals surface area (Å²) in [6.07, 6.45) is -1.25. The molecule has 0 unspecified atom stereocenters. The molecule has 0 bridgehead atoms. The van der Waals surface area contributed by atoms with E-state index in [4.69, 9.17) is 18.9 Å². The SMILES string of the molecule is O=C1N[C@@H](c2ccccc2OCc2ccc(COc3ccccc3[C@@H]3NC(=O)[C@@H]3Oc3ccccc3)cc2)[C@H]1Oc1ccccc1. The molecule has 2 heterocycles. The van der Waals surface area contributed by atoms with Crippen LogP contribution in [0.3, 0.4) is 0 Å². The zero-order chi connectivity index (χ0) is 31.3. The maximum absolute atomic E-state index is 12.3. The van der Waals surface area contributed by atoms with Gasteiger partial charge in [-0.05, 0) is 47.5 Å². The van der Waals surface area contributed by atoms with Gasteiger partial charge in [0.25, 0.3) is 11.8 Å². The summed E-state index contributed by atoms with van der Waals surface area (Å²) >= 11 is 0. The number of amides is 2. The maximum Gasteiger partial charge on any atom is 0.264 e. The molecule has 2 aliphatic heterocycles. The van der Waals surface area contributed by atoms with Crippen LogP contribution in [0.4, 0.5) is 0 Å². The Balaban J connectivity index is 0.960. The van der Waals surface area contributed by atoms with Crippen LogP contribution in [0.15, 0.2) is 133 Å². The van der Waals surface area contributed by atoms with E-state index in [1.165, 1.54) is 0 Å². The molecular weight excluding hydrogens is 580 g/mol. The average Bonchev–Trinajstić information content (AvgIpc) is 3.11. The molecule has 5 aromatic rings. The largest absolute Gasteiger partial charge is 0.489 e. The lowest BCUT2D eigenvalue weighted by atomic mass is 9.93. The van der Waals surface area contributed by atoms with E-state index in [0.29, 0.717) is 36.2 Å². The van der Waals surface area contributed by atoms with Crippen molar-refractivity contribution >= 4 is 11.8 Å². The minimum Gasteiger partial charge on any atom is -0.489 e.